The Kier molecular flexibility index (Phi) is 5.17. The first kappa shape index (κ1) is 17.9. The summed E-state index contributed by atoms with van der Waals surface area (Å²) in [5, 5.41) is 19.6. The molecule has 1 heterocycles. The molecule has 4 aromatic rings. The van der Waals surface area contributed by atoms with Gasteiger partial charge in [-0.15, -0.1) is 0 Å². The van der Waals surface area contributed by atoms with Crippen LogP contribution in [0.1, 0.15) is 17.2 Å². The highest BCUT2D eigenvalue weighted by Gasteiger charge is 2.11. The Balaban J connectivity index is 1.36. The number of nitrogens with one attached hydrogen (secondary N) is 1. The fourth-order valence-corrected chi connectivity index (χ4v) is 3.28. The first-order valence-electron chi connectivity index (χ1n) is 9.22. The molecule has 0 spiro atoms. The summed E-state index contributed by atoms with van der Waals surface area (Å²) in [6.45, 7) is 0.171. The Hall–Kier alpha value is -3.44. The molecule has 1 unspecified atom stereocenters. The second kappa shape index (κ2) is 8.06. The maximum atomic E-state index is 12.4. The molecule has 0 bridgehead atoms. The fraction of sp³-hybridized carbons (Fsp3) is 0.130. The minimum absolute atomic E-state index is 0.108. The van der Waals surface area contributed by atoms with Crippen molar-refractivity contribution in [2.45, 2.75) is 12.5 Å². The van der Waals surface area contributed by atoms with Gasteiger partial charge < -0.3 is 10.4 Å². The van der Waals surface area contributed by atoms with Crippen molar-refractivity contribution in [3.63, 3.8) is 0 Å². The van der Waals surface area contributed by atoms with Crippen LogP contribution in [-0.2, 0) is 11.2 Å². The van der Waals surface area contributed by atoms with Crippen molar-refractivity contribution in [2.75, 3.05) is 6.54 Å². The average Bonchev–Trinajstić information content (AvgIpc) is 3.27. The predicted molar refractivity (Wildman–Crippen MR) is 109 cm³/mol. The van der Waals surface area contributed by atoms with Crippen LogP contribution in [0.4, 0.5) is 0 Å². The zero-order valence-corrected chi connectivity index (χ0v) is 15.3. The van der Waals surface area contributed by atoms with E-state index in [-0.39, 0.29) is 18.9 Å². The van der Waals surface area contributed by atoms with Crippen LogP contribution in [0.2, 0.25) is 0 Å². The number of aromatic nitrogens is 2. The molecule has 2 N–H and O–H groups in total. The van der Waals surface area contributed by atoms with Crippen LogP contribution in [0.25, 0.3) is 16.5 Å². The Morgan fingerprint density at radius 2 is 1.79 bits per heavy atom. The van der Waals surface area contributed by atoms with Crippen LogP contribution in [0.15, 0.2) is 85.2 Å². The van der Waals surface area contributed by atoms with Gasteiger partial charge in [-0.05, 0) is 40.1 Å². The van der Waals surface area contributed by atoms with E-state index in [4.69, 9.17) is 0 Å². The molecule has 5 nitrogen and oxygen atoms in total. The topological polar surface area (TPSA) is 67.2 Å². The van der Waals surface area contributed by atoms with E-state index in [0.29, 0.717) is 0 Å². The van der Waals surface area contributed by atoms with Gasteiger partial charge in [0.2, 0.25) is 5.91 Å². The van der Waals surface area contributed by atoms with Gasteiger partial charge in [0.15, 0.2) is 0 Å². The standard InChI is InChI=1S/C23H21N3O2/c27-22(18-9-11-20(12-10-18)26-14-4-13-25-26)16-24-23(28)15-19-7-3-6-17-5-1-2-8-21(17)19/h1-14,22,27H,15-16H2,(H,24,28). The Morgan fingerprint density at radius 1 is 1.00 bits per heavy atom. The molecule has 1 aromatic heterocycles. The summed E-state index contributed by atoms with van der Waals surface area (Å²) in [7, 11) is 0. The fourth-order valence-electron chi connectivity index (χ4n) is 3.28. The third-order valence-corrected chi connectivity index (χ3v) is 4.77. The molecule has 1 amide bonds. The highest BCUT2D eigenvalue weighted by molar-refractivity contribution is 5.90. The van der Waals surface area contributed by atoms with Crippen LogP contribution < -0.4 is 5.32 Å². The molecule has 0 saturated carbocycles. The normalized spacial score (nSPS) is 12.0. The first-order chi connectivity index (χ1) is 13.7. The van der Waals surface area contributed by atoms with Gasteiger partial charge in [0, 0.05) is 18.9 Å². The van der Waals surface area contributed by atoms with Gasteiger partial charge in [0.25, 0.3) is 0 Å². The third kappa shape index (κ3) is 3.94. The van der Waals surface area contributed by atoms with Crippen molar-refractivity contribution in [3.8, 4) is 5.69 Å². The summed E-state index contributed by atoms with van der Waals surface area (Å²) in [4.78, 5) is 12.4. The number of carbonyl (C=O) groups is 1. The van der Waals surface area contributed by atoms with Crippen molar-refractivity contribution in [3.05, 3.63) is 96.3 Å². The minimum Gasteiger partial charge on any atom is -0.387 e. The van der Waals surface area contributed by atoms with E-state index in [9.17, 15) is 9.90 Å². The highest BCUT2D eigenvalue weighted by atomic mass is 16.3. The van der Waals surface area contributed by atoms with Crippen LogP contribution >= 0.6 is 0 Å². The van der Waals surface area contributed by atoms with E-state index in [1.165, 1.54) is 0 Å². The third-order valence-electron chi connectivity index (χ3n) is 4.77. The number of hydrogen-bond donors (Lipinski definition) is 2. The van der Waals surface area contributed by atoms with Crippen LogP contribution in [0, 0.1) is 0 Å². The van der Waals surface area contributed by atoms with Gasteiger partial charge in [-0.2, -0.15) is 5.10 Å². The largest absolute Gasteiger partial charge is 0.387 e. The number of benzene rings is 3. The number of amides is 1. The lowest BCUT2D eigenvalue weighted by molar-refractivity contribution is -0.120. The Bertz CT molecular complexity index is 1070. The molecule has 0 aliphatic heterocycles. The molecule has 3 aromatic carbocycles. The number of rotatable bonds is 6. The number of aliphatic hydroxyl groups is 1. The van der Waals surface area contributed by atoms with Crippen LogP contribution in [-0.4, -0.2) is 27.3 Å². The zero-order valence-electron chi connectivity index (χ0n) is 15.3. The molecule has 28 heavy (non-hydrogen) atoms. The van der Waals surface area contributed by atoms with E-state index in [1.807, 2.05) is 79.0 Å². The molecule has 5 heteroatoms. The van der Waals surface area contributed by atoms with Crippen molar-refractivity contribution < 1.29 is 9.90 Å². The van der Waals surface area contributed by atoms with E-state index in [0.717, 1.165) is 27.6 Å². The zero-order chi connectivity index (χ0) is 19.3. The molecule has 4 rings (SSSR count). The van der Waals surface area contributed by atoms with E-state index in [2.05, 4.69) is 10.4 Å². The second-order valence-corrected chi connectivity index (χ2v) is 6.68. The molecule has 0 saturated heterocycles. The van der Waals surface area contributed by atoms with Gasteiger partial charge in [0.05, 0.1) is 18.2 Å². The van der Waals surface area contributed by atoms with E-state index >= 15 is 0 Å². The smallest absolute Gasteiger partial charge is 0.224 e. The molecule has 0 fully saturated rings. The summed E-state index contributed by atoms with van der Waals surface area (Å²) in [6.07, 6.45) is 3.10. The monoisotopic (exact) mass is 371 g/mol. The van der Waals surface area contributed by atoms with Crippen molar-refractivity contribution >= 4 is 16.7 Å². The predicted octanol–water partition coefficient (Wildman–Crippen LogP) is 3.42. The Labute approximate surface area is 163 Å². The highest BCUT2D eigenvalue weighted by Crippen LogP contribution is 2.19. The van der Waals surface area contributed by atoms with Gasteiger partial charge >= 0.3 is 0 Å². The number of carbonyl (C=O) groups excluding carboxylic acids is 1. The molecular formula is C23H21N3O2. The minimum atomic E-state index is -0.761. The number of aliphatic hydroxyl groups excluding tert-OH is 1. The summed E-state index contributed by atoms with van der Waals surface area (Å²) in [5.74, 6) is -0.108. The van der Waals surface area contributed by atoms with Gasteiger partial charge in [-0.1, -0.05) is 54.6 Å². The number of fused-ring (bicyclic) bond motifs is 1. The maximum Gasteiger partial charge on any atom is 0.224 e. The van der Waals surface area contributed by atoms with Crippen LogP contribution in [0.5, 0.6) is 0 Å². The maximum absolute atomic E-state index is 12.4. The molecule has 140 valence electrons. The molecule has 0 aliphatic carbocycles. The first-order valence-corrected chi connectivity index (χ1v) is 9.22. The lowest BCUT2D eigenvalue weighted by Gasteiger charge is -2.13. The van der Waals surface area contributed by atoms with Crippen molar-refractivity contribution in [1.29, 1.82) is 0 Å². The van der Waals surface area contributed by atoms with Gasteiger partial charge in [-0.25, -0.2) is 4.68 Å². The second-order valence-electron chi connectivity index (χ2n) is 6.68. The van der Waals surface area contributed by atoms with Crippen molar-refractivity contribution in [2.24, 2.45) is 0 Å². The number of hydrogen-bond acceptors (Lipinski definition) is 3. The van der Waals surface area contributed by atoms with Crippen molar-refractivity contribution in [1.82, 2.24) is 15.1 Å². The summed E-state index contributed by atoms with van der Waals surface area (Å²) in [6, 6.07) is 23.3. The molecule has 0 radical (unpaired) electrons. The molecule has 1 atom stereocenters. The SMILES string of the molecule is O=C(Cc1cccc2ccccc12)NCC(O)c1ccc(-n2cccn2)cc1. The quantitative estimate of drug-likeness (QED) is 0.546. The summed E-state index contributed by atoms with van der Waals surface area (Å²) >= 11 is 0. The van der Waals surface area contributed by atoms with Gasteiger partial charge in [-0.3, -0.25) is 4.79 Å². The van der Waals surface area contributed by atoms with E-state index < -0.39 is 6.10 Å². The molecular weight excluding hydrogens is 350 g/mol. The van der Waals surface area contributed by atoms with Gasteiger partial charge in [0.1, 0.15) is 0 Å². The lowest BCUT2D eigenvalue weighted by atomic mass is 10.0. The lowest BCUT2D eigenvalue weighted by Crippen LogP contribution is -2.29. The number of nitrogens with zero attached hydrogens (tertiary/aromatic N) is 2. The summed E-state index contributed by atoms with van der Waals surface area (Å²) < 4.78 is 1.75. The average molecular weight is 371 g/mol. The summed E-state index contributed by atoms with van der Waals surface area (Å²) in [5.41, 5.74) is 2.65. The van der Waals surface area contributed by atoms with E-state index in [1.54, 1.807) is 10.9 Å². The van der Waals surface area contributed by atoms with Crippen LogP contribution in [0.3, 0.4) is 0 Å². The Morgan fingerprint density at radius 3 is 2.57 bits per heavy atom. The molecule has 0 aliphatic rings.